The fourth-order valence-corrected chi connectivity index (χ4v) is 6.24. The molecule has 3 N–H and O–H groups in total. The van der Waals surface area contributed by atoms with Crippen molar-refractivity contribution < 1.29 is 22.1 Å². The smallest absolute Gasteiger partial charge is 0.333 e. The highest BCUT2D eigenvalue weighted by molar-refractivity contribution is 7.84. The van der Waals surface area contributed by atoms with Crippen molar-refractivity contribution in [2.75, 3.05) is 18.5 Å². The first kappa shape index (κ1) is 24.9. The van der Waals surface area contributed by atoms with Gasteiger partial charge in [-0.05, 0) is 56.2 Å². The highest BCUT2D eigenvalue weighted by Gasteiger charge is 2.30. The molecule has 5 rings (SSSR count). The van der Waals surface area contributed by atoms with E-state index < -0.39 is 10.3 Å². The van der Waals surface area contributed by atoms with Crippen LogP contribution in [0, 0.1) is 12.8 Å². The Labute approximate surface area is 213 Å². The summed E-state index contributed by atoms with van der Waals surface area (Å²) in [6, 6.07) is 5.92. The molecule has 12 heteroatoms. The standard InChI is InChI=1S/C24H27N5O5S2/c1-14-18(23-21-16(6-8-33-23)3-2-7-27-21)10-20(35-14)22(30)19-11-26-13-28-24(19)29-17-5-4-15(9-17)12-34-36(25,31)32/h2-3,7,10-11,13,15,17,23H,4-6,8-9,12H2,1H3,(H2,25,31,32)(H,26,28,29)/t15-,17+,23?/m1/s1. The van der Waals surface area contributed by atoms with Gasteiger partial charge in [0.25, 0.3) is 0 Å². The van der Waals surface area contributed by atoms with Gasteiger partial charge in [0.2, 0.25) is 5.78 Å². The Kier molecular flexibility index (Phi) is 7.13. The number of aryl methyl sites for hydroxylation is 1. The topological polar surface area (TPSA) is 146 Å². The van der Waals surface area contributed by atoms with Gasteiger partial charge in [0, 0.05) is 28.9 Å². The summed E-state index contributed by atoms with van der Waals surface area (Å²) in [5.74, 6) is 0.347. The Hall–Kier alpha value is -2.77. The van der Waals surface area contributed by atoms with Gasteiger partial charge in [0.1, 0.15) is 18.2 Å². The molecule has 0 bridgehead atoms. The third kappa shape index (κ3) is 5.47. The highest BCUT2D eigenvalue weighted by atomic mass is 32.2. The van der Waals surface area contributed by atoms with Crippen LogP contribution in [0.25, 0.3) is 0 Å². The van der Waals surface area contributed by atoms with Crippen LogP contribution in [-0.2, 0) is 25.6 Å². The number of rotatable bonds is 8. The molecule has 1 aliphatic carbocycles. The number of hydrogen-bond donors (Lipinski definition) is 2. The number of thiophene rings is 1. The molecule has 2 aliphatic rings. The Morgan fingerprint density at radius 2 is 2.19 bits per heavy atom. The van der Waals surface area contributed by atoms with Crippen molar-refractivity contribution in [3.8, 4) is 0 Å². The van der Waals surface area contributed by atoms with Crippen molar-refractivity contribution in [2.45, 2.75) is 44.8 Å². The summed E-state index contributed by atoms with van der Waals surface area (Å²) in [6.07, 6.45) is 7.48. The molecule has 3 aromatic heterocycles. The molecule has 0 amide bonds. The van der Waals surface area contributed by atoms with Crippen LogP contribution in [-0.4, -0.2) is 48.4 Å². The van der Waals surface area contributed by atoms with E-state index in [4.69, 9.17) is 14.1 Å². The molecule has 0 radical (unpaired) electrons. The summed E-state index contributed by atoms with van der Waals surface area (Å²) in [7, 11) is -3.96. The lowest BCUT2D eigenvalue weighted by Crippen LogP contribution is -2.22. The van der Waals surface area contributed by atoms with Crippen LogP contribution in [0.15, 0.2) is 36.9 Å². The summed E-state index contributed by atoms with van der Waals surface area (Å²) in [4.78, 5) is 28.1. The van der Waals surface area contributed by atoms with Crippen molar-refractivity contribution in [3.63, 3.8) is 0 Å². The largest absolute Gasteiger partial charge is 0.367 e. The van der Waals surface area contributed by atoms with Crippen LogP contribution >= 0.6 is 11.3 Å². The van der Waals surface area contributed by atoms with Gasteiger partial charge in [-0.15, -0.1) is 11.3 Å². The maximum Gasteiger partial charge on any atom is 0.333 e. The molecule has 0 spiro atoms. The molecule has 10 nitrogen and oxygen atoms in total. The van der Waals surface area contributed by atoms with Crippen molar-refractivity contribution in [1.82, 2.24) is 15.0 Å². The molecule has 0 aromatic carbocycles. The molecule has 1 unspecified atom stereocenters. The first-order chi connectivity index (χ1) is 17.3. The SMILES string of the molecule is Cc1sc(C(=O)c2cncnc2N[C@H]2CC[C@@H](COS(N)(=O)=O)C2)cc1C1OCCc2cccnc21. The number of carbonyl (C=O) groups excluding carboxylic acids is 1. The normalized spacial score (nSPS) is 21.8. The third-order valence-corrected chi connectivity index (χ3v) is 8.13. The molecular formula is C24H27N5O5S2. The molecule has 190 valence electrons. The molecule has 36 heavy (non-hydrogen) atoms. The zero-order chi connectivity index (χ0) is 25.3. The van der Waals surface area contributed by atoms with Crippen LogP contribution in [0.3, 0.4) is 0 Å². The van der Waals surface area contributed by atoms with E-state index >= 15 is 0 Å². The van der Waals surface area contributed by atoms with Crippen LogP contribution in [0.2, 0.25) is 0 Å². The third-order valence-electron chi connectivity index (χ3n) is 6.60. The first-order valence-corrected chi connectivity index (χ1v) is 14.0. The van der Waals surface area contributed by atoms with E-state index in [1.807, 2.05) is 19.1 Å². The second-order valence-corrected chi connectivity index (χ2v) is 11.6. The van der Waals surface area contributed by atoms with Gasteiger partial charge in [-0.2, -0.15) is 8.42 Å². The van der Waals surface area contributed by atoms with Crippen molar-refractivity contribution in [3.05, 3.63) is 69.1 Å². The monoisotopic (exact) mass is 529 g/mol. The number of pyridine rings is 1. The number of ketones is 1. The number of nitrogens with two attached hydrogens (primary N) is 1. The minimum absolute atomic E-state index is 0.0272. The van der Waals surface area contributed by atoms with E-state index in [-0.39, 0.29) is 30.5 Å². The summed E-state index contributed by atoms with van der Waals surface area (Å²) < 4.78 is 33.0. The highest BCUT2D eigenvalue weighted by Crippen LogP contribution is 2.37. The lowest BCUT2D eigenvalue weighted by atomic mass is 9.98. The number of aromatic nitrogens is 3. The molecule has 3 aromatic rings. The minimum atomic E-state index is -3.96. The molecule has 0 saturated heterocycles. The molecule has 1 saturated carbocycles. The number of anilines is 1. The van der Waals surface area contributed by atoms with Crippen LogP contribution in [0.4, 0.5) is 5.82 Å². The Balaban J connectivity index is 1.33. The van der Waals surface area contributed by atoms with E-state index in [0.717, 1.165) is 35.4 Å². The molecule has 4 heterocycles. The lowest BCUT2D eigenvalue weighted by molar-refractivity contribution is 0.0663. The number of nitrogens with one attached hydrogen (secondary N) is 1. The summed E-state index contributed by atoms with van der Waals surface area (Å²) in [5, 5.41) is 8.28. The lowest BCUT2D eigenvalue weighted by Gasteiger charge is -2.25. The van der Waals surface area contributed by atoms with Gasteiger partial charge >= 0.3 is 10.3 Å². The summed E-state index contributed by atoms with van der Waals surface area (Å²) in [6.45, 7) is 2.64. The van der Waals surface area contributed by atoms with E-state index in [1.54, 1.807) is 6.20 Å². The average molecular weight is 530 g/mol. The Bertz CT molecular complexity index is 1380. The van der Waals surface area contributed by atoms with Gasteiger partial charge in [-0.1, -0.05) is 6.07 Å². The van der Waals surface area contributed by atoms with Gasteiger partial charge in [-0.3, -0.25) is 14.0 Å². The summed E-state index contributed by atoms with van der Waals surface area (Å²) in [5.41, 5.74) is 3.40. The van der Waals surface area contributed by atoms with Gasteiger partial charge in [-0.25, -0.2) is 15.1 Å². The molecule has 1 fully saturated rings. The Morgan fingerprint density at radius 3 is 3.03 bits per heavy atom. The van der Waals surface area contributed by atoms with Crippen molar-refractivity contribution in [1.29, 1.82) is 0 Å². The van der Waals surface area contributed by atoms with Crippen molar-refractivity contribution >= 4 is 33.2 Å². The van der Waals surface area contributed by atoms with Gasteiger partial charge < -0.3 is 10.1 Å². The maximum atomic E-state index is 13.5. The average Bonchev–Trinajstić information content (AvgIpc) is 3.48. The van der Waals surface area contributed by atoms with E-state index in [2.05, 4.69) is 26.3 Å². The molecule has 3 atom stereocenters. The second kappa shape index (κ2) is 10.3. The second-order valence-electron chi connectivity index (χ2n) is 9.08. The number of ether oxygens (including phenoxy) is 1. The fourth-order valence-electron chi connectivity index (χ4n) is 4.85. The summed E-state index contributed by atoms with van der Waals surface area (Å²) >= 11 is 1.42. The van der Waals surface area contributed by atoms with Crippen LogP contribution in [0.1, 0.15) is 62.3 Å². The van der Waals surface area contributed by atoms with Crippen LogP contribution < -0.4 is 10.5 Å². The van der Waals surface area contributed by atoms with Gasteiger partial charge in [0.15, 0.2) is 0 Å². The molecular weight excluding hydrogens is 502 g/mol. The van der Waals surface area contributed by atoms with Crippen molar-refractivity contribution in [2.24, 2.45) is 11.1 Å². The fraction of sp³-hybridized carbons (Fsp3) is 0.417. The minimum Gasteiger partial charge on any atom is -0.367 e. The number of hydrogen-bond acceptors (Lipinski definition) is 10. The predicted molar refractivity (Wildman–Crippen MR) is 134 cm³/mol. The first-order valence-electron chi connectivity index (χ1n) is 11.7. The predicted octanol–water partition coefficient (Wildman–Crippen LogP) is 2.94. The van der Waals surface area contributed by atoms with E-state index in [9.17, 15) is 13.2 Å². The van der Waals surface area contributed by atoms with Crippen LogP contribution in [0.5, 0.6) is 0 Å². The zero-order valence-corrected chi connectivity index (χ0v) is 21.3. The van der Waals surface area contributed by atoms with E-state index in [1.165, 1.54) is 29.4 Å². The van der Waals surface area contributed by atoms with E-state index in [0.29, 0.717) is 29.3 Å². The van der Waals surface area contributed by atoms with Gasteiger partial charge in [0.05, 0.1) is 29.3 Å². The number of carbonyl (C=O) groups is 1. The number of nitrogens with zero attached hydrogens (tertiary/aromatic N) is 3. The number of fused-ring (bicyclic) bond motifs is 1. The molecule has 1 aliphatic heterocycles. The Morgan fingerprint density at radius 1 is 1.33 bits per heavy atom. The quantitative estimate of drug-likeness (QED) is 0.420. The maximum absolute atomic E-state index is 13.5. The zero-order valence-electron chi connectivity index (χ0n) is 19.7.